The van der Waals surface area contributed by atoms with E-state index in [-0.39, 0.29) is 10.8 Å². The number of nitrogens with zero attached hydrogens (tertiary/aromatic N) is 3. The van der Waals surface area contributed by atoms with Crippen LogP contribution in [0, 0.1) is 0 Å². The highest BCUT2D eigenvalue weighted by Gasteiger charge is 2.11. The van der Waals surface area contributed by atoms with Crippen molar-refractivity contribution in [3.63, 3.8) is 0 Å². The van der Waals surface area contributed by atoms with Gasteiger partial charge in [-0.3, -0.25) is 14.8 Å². The normalized spacial score (nSPS) is 11.4. The van der Waals surface area contributed by atoms with Gasteiger partial charge in [0.25, 0.3) is 5.91 Å². The van der Waals surface area contributed by atoms with E-state index in [2.05, 4.69) is 20.3 Å². The molecule has 2 aromatic carbocycles. The van der Waals surface area contributed by atoms with Crippen LogP contribution in [0.1, 0.15) is 10.4 Å². The zero-order chi connectivity index (χ0) is 21.3. The number of sulfonamides is 1. The average Bonchev–Trinajstić information content (AvgIpc) is 2.77. The van der Waals surface area contributed by atoms with Crippen molar-refractivity contribution in [1.29, 1.82) is 0 Å². The molecule has 30 heavy (non-hydrogen) atoms. The van der Waals surface area contributed by atoms with E-state index in [1.165, 1.54) is 12.3 Å². The van der Waals surface area contributed by atoms with Gasteiger partial charge in [-0.2, -0.15) is 0 Å². The van der Waals surface area contributed by atoms with E-state index >= 15 is 0 Å². The minimum Gasteiger partial charge on any atom is -0.355 e. The van der Waals surface area contributed by atoms with Crippen LogP contribution in [0.3, 0.4) is 0 Å². The van der Waals surface area contributed by atoms with Gasteiger partial charge in [-0.25, -0.2) is 18.5 Å². The number of nitrogens with one attached hydrogen (secondary N) is 1. The lowest BCUT2D eigenvalue weighted by Gasteiger charge is -2.07. The second kappa shape index (κ2) is 7.62. The second-order valence-corrected chi connectivity index (χ2v) is 8.13. The SMILES string of the molecule is CNC(=O)c1cccc(-c2cnc3ccc(-c4cncc(S(N)(=O)=O)c4)cc3n2)c1. The summed E-state index contributed by atoms with van der Waals surface area (Å²) in [6.45, 7) is 0. The number of aromatic nitrogens is 3. The fraction of sp³-hybridized carbons (Fsp3) is 0.0476. The first-order chi connectivity index (χ1) is 14.3. The topological polar surface area (TPSA) is 128 Å². The fourth-order valence-corrected chi connectivity index (χ4v) is 3.53. The Kier molecular flexibility index (Phi) is 4.98. The largest absolute Gasteiger partial charge is 0.355 e. The van der Waals surface area contributed by atoms with Crippen LogP contribution in [-0.4, -0.2) is 36.3 Å². The van der Waals surface area contributed by atoms with Crippen LogP contribution < -0.4 is 10.5 Å². The quantitative estimate of drug-likeness (QED) is 0.523. The lowest BCUT2D eigenvalue weighted by molar-refractivity contribution is 0.0963. The summed E-state index contributed by atoms with van der Waals surface area (Å²) in [7, 11) is -2.28. The summed E-state index contributed by atoms with van der Waals surface area (Å²) < 4.78 is 23.2. The average molecular weight is 419 g/mol. The molecule has 150 valence electrons. The molecule has 2 heterocycles. The van der Waals surface area contributed by atoms with Gasteiger partial charge in [-0.15, -0.1) is 0 Å². The number of pyridine rings is 1. The Morgan fingerprint density at radius 2 is 1.77 bits per heavy atom. The summed E-state index contributed by atoms with van der Waals surface area (Å²) >= 11 is 0. The first kappa shape index (κ1) is 19.6. The highest BCUT2D eigenvalue weighted by Crippen LogP contribution is 2.26. The van der Waals surface area contributed by atoms with Crippen molar-refractivity contribution in [3.8, 4) is 22.4 Å². The smallest absolute Gasteiger partial charge is 0.251 e. The van der Waals surface area contributed by atoms with Crippen LogP contribution in [0.25, 0.3) is 33.4 Å². The van der Waals surface area contributed by atoms with E-state index in [1.807, 2.05) is 12.1 Å². The molecule has 0 spiro atoms. The molecule has 0 aliphatic carbocycles. The number of nitrogens with two attached hydrogens (primary N) is 1. The first-order valence-electron chi connectivity index (χ1n) is 8.93. The molecule has 0 bridgehead atoms. The maximum Gasteiger partial charge on any atom is 0.251 e. The number of fused-ring (bicyclic) bond motifs is 1. The van der Waals surface area contributed by atoms with Crippen LogP contribution in [0.2, 0.25) is 0 Å². The van der Waals surface area contributed by atoms with Gasteiger partial charge in [0.15, 0.2) is 0 Å². The van der Waals surface area contributed by atoms with Gasteiger partial charge >= 0.3 is 0 Å². The number of rotatable bonds is 4. The zero-order valence-electron chi connectivity index (χ0n) is 15.9. The summed E-state index contributed by atoms with van der Waals surface area (Å²) in [6.07, 6.45) is 4.41. The van der Waals surface area contributed by atoms with Crippen LogP contribution >= 0.6 is 0 Å². The number of carbonyl (C=O) groups excluding carboxylic acids is 1. The number of carbonyl (C=O) groups is 1. The van der Waals surface area contributed by atoms with Gasteiger partial charge in [0.05, 0.1) is 22.9 Å². The summed E-state index contributed by atoms with van der Waals surface area (Å²) in [5.41, 5.74) is 4.52. The van der Waals surface area contributed by atoms with E-state index in [1.54, 1.807) is 49.8 Å². The minimum absolute atomic E-state index is 0.0639. The van der Waals surface area contributed by atoms with Crippen molar-refractivity contribution in [1.82, 2.24) is 20.3 Å². The zero-order valence-corrected chi connectivity index (χ0v) is 16.7. The van der Waals surface area contributed by atoms with Crippen molar-refractivity contribution in [3.05, 3.63) is 72.7 Å². The highest BCUT2D eigenvalue weighted by molar-refractivity contribution is 7.89. The molecule has 1 amide bonds. The molecule has 2 aromatic heterocycles. The van der Waals surface area contributed by atoms with Crippen LogP contribution in [0.5, 0.6) is 0 Å². The third kappa shape index (κ3) is 3.88. The Hall–Kier alpha value is -3.69. The predicted octanol–water partition coefficient (Wildman–Crippen LogP) is 2.37. The van der Waals surface area contributed by atoms with E-state index in [0.717, 1.165) is 11.1 Å². The highest BCUT2D eigenvalue weighted by atomic mass is 32.2. The predicted molar refractivity (Wildman–Crippen MR) is 113 cm³/mol. The Bertz CT molecular complexity index is 1390. The third-order valence-electron chi connectivity index (χ3n) is 4.56. The molecule has 0 unspecified atom stereocenters. The van der Waals surface area contributed by atoms with Gasteiger partial charge in [0.2, 0.25) is 10.0 Å². The number of hydrogen-bond acceptors (Lipinski definition) is 6. The van der Waals surface area contributed by atoms with Gasteiger partial charge in [0, 0.05) is 36.1 Å². The minimum atomic E-state index is -3.86. The summed E-state index contributed by atoms with van der Waals surface area (Å²) in [4.78, 5) is 24.9. The fourth-order valence-electron chi connectivity index (χ4n) is 3.03. The first-order valence-corrected chi connectivity index (χ1v) is 10.5. The molecule has 9 heteroatoms. The molecule has 0 radical (unpaired) electrons. The lowest BCUT2D eigenvalue weighted by Crippen LogP contribution is -2.17. The third-order valence-corrected chi connectivity index (χ3v) is 5.45. The summed E-state index contributed by atoms with van der Waals surface area (Å²) in [6, 6.07) is 14.0. The number of benzene rings is 2. The molecule has 3 N–H and O–H groups in total. The van der Waals surface area contributed by atoms with Crippen LogP contribution in [-0.2, 0) is 10.0 Å². The van der Waals surface area contributed by atoms with Crippen molar-refractivity contribution in [2.24, 2.45) is 5.14 Å². The second-order valence-electron chi connectivity index (χ2n) is 6.57. The Morgan fingerprint density at radius 1 is 0.933 bits per heavy atom. The summed E-state index contributed by atoms with van der Waals surface area (Å²) in [5, 5.41) is 7.80. The van der Waals surface area contributed by atoms with Crippen LogP contribution in [0.15, 0.2) is 72.0 Å². The van der Waals surface area contributed by atoms with E-state index in [9.17, 15) is 13.2 Å². The van der Waals surface area contributed by atoms with Gasteiger partial charge in [-0.1, -0.05) is 18.2 Å². The Labute approximate surface area is 172 Å². The Balaban J connectivity index is 1.78. The van der Waals surface area contributed by atoms with Crippen molar-refractivity contribution in [2.45, 2.75) is 4.90 Å². The number of hydrogen-bond donors (Lipinski definition) is 2. The number of primary sulfonamides is 1. The molecule has 8 nitrogen and oxygen atoms in total. The molecular weight excluding hydrogens is 402 g/mol. The monoisotopic (exact) mass is 419 g/mol. The van der Waals surface area contributed by atoms with Crippen LogP contribution in [0.4, 0.5) is 0 Å². The maximum atomic E-state index is 11.9. The molecule has 0 saturated heterocycles. The molecule has 0 atom stereocenters. The standard InChI is InChI=1S/C21H17N5O3S/c1-23-21(27)15-4-2-3-14(7-15)20-12-25-18-6-5-13(9-19(18)26-20)16-8-17(11-24-10-16)30(22,28)29/h2-12H,1H3,(H,23,27)(H2,22,28,29). The lowest BCUT2D eigenvalue weighted by atomic mass is 10.1. The van der Waals surface area contributed by atoms with Crippen molar-refractivity contribution >= 4 is 27.0 Å². The molecule has 0 aliphatic heterocycles. The molecule has 0 fully saturated rings. The Morgan fingerprint density at radius 3 is 2.53 bits per heavy atom. The molecule has 4 rings (SSSR count). The number of amides is 1. The van der Waals surface area contributed by atoms with E-state index in [4.69, 9.17) is 5.14 Å². The molecule has 0 aliphatic rings. The summed E-state index contributed by atoms with van der Waals surface area (Å²) in [5.74, 6) is -0.185. The van der Waals surface area contributed by atoms with E-state index < -0.39 is 10.0 Å². The van der Waals surface area contributed by atoms with Crippen molar-refractivity contribution in [2.75, 3.05) is 7.05 Å². The van der Waals surface area contributed by atoms with Gasteiger partial charge < -0.3 is 5.32 Å². The van der Waals surface area contributed by atoms with Gasteiger partial charge in [0.1, 0.15) is 4.90 Å². The molecule has 4 aromatic rings. The van der Waals surface area contributed by atoms with E-state index in [0.29, 0.717) is 27.9 Å². The maximum absolute atomic E-state index is 11.9. The van der Waals surface area contributed by atoms with Gasteiger partial charge in [-0.05, 0) is 35.9 Å². The molecular formula is C21H17N5O3S. The molecule has 0 saturated carbocycles. The van der Waals surface area contributed by atoms with Crippen molar-refractivity contribution < 1.29 is 13.2 Å².